The van der Waals surface area contributed by atoms with Gasteiger partial charge in [0.1, 0.15) is 11.7 Å². The topological polar surface area (TPSA) is 113 Å². The lowest BCUT2D eigenvalue weighted by molar-refractivity contribution is -0.139. The molecule has 2 atom stereocenters. The normalized spacial score (nSPS) is 20.6. The second-order valence-electron chi connectivity index (χ2n) is 8.32. The van der Waals surface area contributed by atoms with E-state index in [1.54, 1.807) is 30.6 Å². The molecule has 0 spiro atoms. The first-order chi connectivity index (χ1) is 17.4. The number of rotatable bonds is 9. The maximum Gasteiger partial charge on any atom is 0.338 e. The first-order valence-electron chi connectivity index (χ1n) is 11.5. The lowest BCUT2D eigenvalue weighted by Gasteiger charge is -2.35. The van der Waals surface area contributed by atoms with Crippen LogP contribution in [0.15, 0.2) is 45.4 Å². The van der Waals surface area contributed by atoms with Gasteiger partial charge in [-0.2, -0.15) is 0 Å². The monoisotopic (exact) mass is 552 g/mol. The number of carbonyl (C=O) groups excluding carboxylic acids is 1. The Kier molecular flexibility index (Phi) is 8.97. The van der Waals surface area contributed by atoms with Gasteiger partial charge >= 0.3 is 11.9 Å². The summed E-state index contributed by atoms with van der Waals surface area (Å²) < 4.78 is 11.2. The van der Waals surface area contributed by atoms with Crippen molar-refractivity contribution in [3.05, 3.63) is 61.7 Å². The average molecular weight is 553 g/mol. The molecule has 4 rings (SSSR count). The molecule has 3 heterocycles. The Morgan fingerprint density at radius 2 is 2.19 bits per heavy atom. The second-order valence-corrected chi connectivity index (χ2v) is 9.88. The highest BCUT2D eigenvalue weighted by atomic mass is 35.5. The van der Waals surface area contributed by atoms with Crippen LogP contribution in [-0.2, 0) is 19.1 Å². The molecule has 12 heteroatoms. The van der Waals surface area contributed by atoms with Gasteiger partial charge in [0.2, 0.25) is 0 Å². The zero-order chi connectivity index (χ0) is 25.7. The Morgan fingerprint density at radius 1 is 1.36 bits per heavy atom. The molecule has 2 unspecified atom stereocenters. The van der Waals surface area contributed by atoms with Gasteiger partial charge in [-0.1, -0.05) is 29.3 Å². The van der Waals surface area contributed by atoms with E-state index in [4.69, 9.17) is 42.8 Å². The number of carbonyl (C=O) groups is 2. The summed E-state index contributed by atoms with van der Waals surface area (Å²) in [5, 5.41) is 15.1. The van der Waals surface area contributed by atoms with Crippen molar-refractivity contribution in [1.29, 1.82) is 0 Å². The van der Waals surface area contributed by atoms with E-state index >= 15 is 0 Å². The smallest absolute Gasteiger partial charge is 0.338 e. The number of ether oxygens (including phenoxy) is 2. The molecular weight excluding hydrogens is 527 g/mol. The Bertz CT molecular complexity index is 1170. The van der Waals surface area contributed by atoms with Crippen LogP contribution in [0.5, 0.6) is 0 Å². The quantitative estimate of drug-likeness (QED) is 0.450. The minimum atomic E-state index is -0.858. The molecule has 2 N–H and O–H groups in total. The van der Waals surface area contributed by atoms with Crippen molar-refractivity contribution in [2.45, 2.75) is 31.9 Å². The number of carboxylic acids is 1. The summed E-state index contributed by atoms with van der Waals surface area (Å²) in [4.78, 5) is 35.6. The molecule has 2 aliphatic heterocycles. The van der Waals surface area contributed by atoms with E-state index in [0.29, 0.717) is 71.1 Å². The number of aliphatic carboxylic acids is 1. The van der Waals surface area contributed by atoms with Crippen molar-refractivity contribution < 1.29 is 24.2 Å². The number of amidine groups is 1. The van der Waals surface area contributed by atoms with Crippen LogP contribution in [0.2, 0.25) is 10.0 Å². The number of hydrogen-bond donors (Lipinski definition) is 2. The highest BCUT2D eigenvalue weighted by molar-refractivity contribution is 7.07. The van der Waals surface area contributed by atoms with Gasteiger partial charge in [0.15, 0.2) is 5.84 Å². The van der Waals surface area contributed by atoms with Crippen molar-refractivity contribution in [2.75, 3.05) is 32.8 Å². The summed E-state index contributed by atoms with van der Waals surface area (Å²) in [6, 6.07) is 4.36. The molecule has 0 saturated carbocycles. The first-order valence-corrected chi connectivity index (χ1v) is 13.2. The summed E-state index contributed by atoms with van der Waals surface area (Å²) in [6.45, 7) is 3.95. The highest BCUT2D eigenvalue weighted by Crippen LogP contribution is 2.37. The van der Waals surface area contributed by atoms with Crippen LogP contribution in [0.25, 0.3) is 0 Å². The van der Waals surface area contributed by atoms with Crippen molar-refractivity contribution in [2.24, 2.45) is 4.99 Å². The van der Waals surface area contributed by atoms with E-state index in [1.165, 1.54) is 11.3 Å². The molecule has 0 bridgehead atoms. The van der Waals surface area contributed by atoms with Gasteiger partial charge in [-0.25, -0.2) is 9.78 Å². The SMILES string of the molecule is CCOC(=O)C1=C(CN2CCOC(CCC(=O)O)C2)NC(c2cscn2)=NC1c1ccc(Cl)cc1Cl. The summed E-state index contributed by atoms with van der Waals surface area (Å²) in [7, 11) is 0. The highest BCUT2D eigenvalue weighted by Gasteiger charge is 2.35. The number of aromatic nitrogens is 1. The summed E-state index contributed by atoms with van der Waals surface area (Å²) in [5.74, 6) is -0.831. The molecule has 1 saturated heterocycles. The minimum absolute atomic E-state index is 0.0330. The number of aliphatic imine (C=N–C) groups is 1. The predicted octanol–water partition coefficient (Wildman–Crippen LogP) is 3.92. The maximum absolute atomic E-state index is 13.3. The zero-order valence-corrected chi connectivity index (χ0v) is 21.9. The number of benzene rings is 1. The lowest BCUT2D eigenvalue weighted by atomic mass is 9.95. The minimum Gasteiger partial charge on any atom is -0.481 e. The van der Waals surface area contributed by atoms with Crippen LogP contribution < -0.4 is 5.32 Å². The summed E-state index contributed by atoms with van der Waals surface area (Å²) in [5.41, 5.74) is 3.97. The van der Waals surface area contributed by atoms with Crippen molar-refractivity contribution >= 4 is 52.3 Å². The summed E-state index contributed by atoms with van der Waals surface area (Å²) in [6.07, 6.45) is 0.237. The number of esters is 1. The number of halogens is 2. The fraction of sp³-hybridized carbons (Fsp3) is 0.417. The van der Waals surface area contributed by atoms with Crippen LogP contribution in [0, 0.1) is 0 Å². The Labute approximate surface area is 222 Å². The van der Waals surface area contributed by atoms with E-state index in [-0.39, 0.29) is 19.1 Å². The molecule has 0 aliphatic carbocycles. The van der Waals surface area contributed by atoms with Gasteiger partial charge in [0.05, 0.1) is 30.4 Å². The number of carboxylic acid groups (broad SMARTS) is 1. The molecule has 9 nitrogen and oxygen atoms in total. The molecular formula is C24H26Cl2N4O5S. The molecule has 1 fully saturated rings. The standard InChI is InChI=1S/C24H26Cl2N4O5S/c1-2-34-24(33)21-18(11-30-7-8-35-15(10-30)4-6-20(31)32)28-23(19-12-36-13-27-19)29-22(21)16-5-3-14(25)9-17(16)26/h3,5,9,12-13,15,22H,2,4,6-8,10-11H2,1H3,(H,28,29)(H,31,32). The Morgan fingerprint density at radius 3 is 2.89 bits per heavy atom. The van der Waals surface area contributed by atoms with Crippen LogP contribution in [0.4, 0.5) is 0 Å². The van der Waals surface area contributed by atoms with Crippen molar-refractivity contribution in [3.63, 3.8) is 0 Å². The fourth-order valence-electron chi connectivity index (χ4n) is 4.18. The van der Waals surface area contributed by atoms with Gasteiger partial charge in [-0.05, 0) is 25.5 Å². The van der Waals surface area contributed by atoms with Gasteiger partial charge in [0.25, 0.3) is 0 Å². The van der Waals surface area contributed by atoms with Crippen LogP contribution in [0.1, 0.15) is 37.1 Å². The number of hydrogen-bond acceptors (Lipinski definition) is 9. The fourth-order valence-corrected chi connectivity index (χ4v) is 5.23. The molecule has 192 valence electrons. The number of nitrogens with one attached hydrogen (secondary N) is 1. The van der Waals surface area contributed by atoms with Gasteiger partial charge in [-0.15, -0.1) is 11.3 Å². The second kappa shape index (κ2) is 12.2. The van der Waals surface area contributed by atoms with E-state index < -0.39 is 18.0 Å². The number of nitrogens with zero attached hydrogens (tertiary/aromatic N) is 3. The molecule has 1 aromatic heterocycles. The van der Waals surface area contributed by atoms with E-state index in [9.17, 15) is 9.59 Å². The summed E-state index contributed by atoms with van der Waals surface area (Å²) >= 11 is 14.1. The third-order valence-corrected chi connectivity index (χ3v) is 6.99. The molecule has 2 aromatic rings. The molecule has 2 aliphatic rings. The molecule has 1 aromatic carbocycles. The number of thiazole rings is 1. The Balaban J connectivity index is 1.71. The molecule has 0 amide bonds. The predicted molar refractivity (Wildman–Crippen MR) is 138 cm³/mol. The van der Waals surface area contributed by atoms with Gasteiger partial charge < -0.3 is 19.9 Å². The lowest BCUT2D eigenvalue weighted by Crippen LogP contribution is -2.46. The van der Waals surface area contributed by atoms with Crippen molar-refractivity contribution in [1.82, 2.24) is 15.2 Å². The third-order valence-electron chi connectivity index (χ3n) is 5.84. The van der Waals surface area contributed by atoms with Crippen LogP contribution >= 0.6 is 34.5 Å². The first kappa shape index (κ1) is 26.6. The van der Waals surface area contributed by atoms with Gasteiger partial charge in [0, 0.05) is 52.7 Å². The zero-order valence-electron chi connectivity index (χ0n) is 19.6. The average Bonchev–Trinajstić information content (AvgIpc) is 3.38. The van der Waals surface area contributed by atoms with Crippen LogP contribution in [0.3, 0.4) is 0 Å². The van der Waals surface area contributed by atoms with Gasteiger partial charge in [-0.3, -0.25) is 14.7 Å². The number of morpholine rings is 1. The van der Waals surface area contributed by atoms with E-state index in [1.807, 2.05) is 5.38 Å². The van der Waals surface area contributed by atoms with Crippen molar-refractivity contribution in [3.8, 4) is 0 Å². The maximum atomic E-state index is 13.3. The molecule has 0 radical (unpaired) electrons. The molecule has 36 heavy (non-hydrogen) atoms. The Hall–Kier alpha value is -2.50. The largest absolute Gasteiger partial charge is 0.481 e. The van der Waals surface area contributed by atoms with E-state index in [2.05, 4.69) is 15.2 Å². The van der Waals surface area contributed by atoms with E-state index in [0.717, 1.165) is 0 Å². The third kappa shape index (κ3) is 6.43. The van der Waals surface area contributed by atoms with Crippen LogP contribution in [-0.4, -0.2) is 71.7 Å².